The van der Waals surface area contributed by atoms with Crippen LogP contribution in [0.15, 0.2) is 42.7 Å². The molecule has 9 nitrogen and oxygen atoms in total. The van der Waals surface area contributed by atoms with Crippen LogP contribution in [0.3, 0.4) is 0 Å². The quantitative estimate of drug-likeness (QED) is 0.561. The molecule has 1 aliphatic heterocycles. The highest BCUT2D eigenvalue weighted by Gasteiger charge is 2.39. The van der Waals surface area contributed by atoms with Crippen molar-refractivity contribution in [2.75, 3.05) is 26.7 Å². The predicted octanol–water partition coefficient (Wildman–Crippen LogP) is 1.60. The molecule has 2 aromatic rings. The zero-order valence-corrected chi connectivity index (χ0v) is 21.9. The molecule has 204 valence electrons. The molecule has 2 heterocycles. The second-order valence-corrected chi connectivity index (χ2v) is 10.0. The predicted molar refractivity (Wildman–Crippen MR) is 140 cm³/mol. The lowest BCUT2D eigenvalue weighted by Crippen LogP contribution is -2.56. The van der Waals surface area contributed by atoms with Crippen molar-refractivity contribution in [1.29, 1.82) is 0 Å². The number of nitrogens with zero attached hydrogens (tertiary/aromatic N) is 2. The number of hydrogen-bond donors (Lipinski definition) is 3. The van der Waals surface area contributed by atoms with Crippen LogP contribution in [0.2, 0.25) is 0 Å². The number of rotatable bonds is 3. The van der Waals surface area contributed by atoms with Gasteiger partial charge in [0.05, 0.1) is 6.04 Å². The lowest BCUT2D eigenvalue weighted by Gasteiger charge is -2.30. The van der Waals surface area contributed by atoms with Crippen LogP contribution in [-0.4, -0.2) is 72.5 Å². The fourth-order valence-electron chi connectivity index (χ4n) is 4.59. The Labute approximate surface area is 222 Å². The summed E-state index contributed by atoms with van der Waals surface area (Å²) >= 11 is 0. The molecule has 0 saturated heterocycles. The van der Waals surface area contributed by atoms with Crippen LogP contribution in [0, 0.1) is 11.7 Å². The Morgan fingerprint density at radius 2 is 1.84 bits per heavy atom. The van der Waals surface area contributed by atoms with Gasteiger partial charge in [-0.15, -0.1) is 0 Å². The number of likely N-dealkylation sites (N-methyl/N-ethyl adjacent to an activating group) is 1. The molecule has 4 rings (SSSR count). The molecular formula is C28H36FN5O4. The first kappa shape index (κ1) is 27.5. The molecule has 3 unspecified atom stereocenters. The first-order valence-electron chi connectivity index (χ1n) is 13.2. The van der Waals surface area contributed by atoms with E-state index in [1.807, 2.05) is 0 Å². The van der Waals surface area contributed by atoms with Gasteiger partial charge in [0.25, 0.3) is 0 Å². The van der Waals surface area contributed by atoms with E-state index in [0.29, 0.717) is 31.7 Å². The van der Waals surface area contributed by atoms with E-state index >= 15 is 0 Å². The van der Waals surface area contributed by atoms with Gasteiger partial charge in [-0.25, -0.2) is 4.39 Å². The molecule has 3 atom stereocenters. The van der Waals surface area contributed by atoms with Gasteiger partial charge in [0, 0.05) is 45.0 Å². The highest BCUT2D eigenvalue weighted by atomic mass is 19.1. The number of hydrogen-bond acceptors (Lipinski definition) is 6. The zero-order chi connectivity index (χ0) is 27.1. The number of carbonyl (C=O) groups is 3. The van der Waals surface area contributed by atoms with E-state index in [-0.39, 0.29) is 36.6 Å². The molecular weight excluding hydrogens is 489 g/mol. The van der Waals surface area contributed by atoms with E-state index in [9.17, 15) is 18.8 Å². The molecule has 1 saturated carbocycles. The van der Waals surface area contributed by atoms with Gasteiger partial charge in [-0.1, -0.05) is 6.07 Å². The Balaban J connectivity index is 1.55. The summed E-state index contributed by atoms with van der Waals surface area (Å²) in [6.07, 6.45) is 6.61. The number of fused-ring (bicyclic) bond motifs is 1. The smallest absolute Gasteiger partial charge is 0.243 e. The van der Waals surface area contributed by atoms with E-state index in [1.54, 1.807) is 44.6 Å². The highest BCUT2D eigenvalue weighted by molar-refractivity contribution is 5.93. The minimum Gasteiger partial charge on any atom is -0.492 e. The Kier molecular flexibility index (Phi) is 9.28. The lowest BCUT2D eigenvalue weighted by molar-refractivity contribution is -0.141. The number of aryl methyl sites for hydroxylation is 1. The second kappa shape index (κ2) is 12.8. The molecule has 0 spiro atoms. The van der Waals surface area contributed by atoms with Crippen LogP contribution in [0.1, 0.15) is 37.3 Å². The topological polar surface area (TPSA) is 113 Å². The molecule has 1 aromatic carbocycles. The van der Waals surface area contributed by atoms with Gasteiger partial charge in [0.15, 0.2) is 0 Å². The van der Waals surface area contributed by atoms with Gasteiger partial charge in [0.2, 0.25) is 17.7 Å². The van der Waals surface area contributed by atoms with Gasteiger partial charge < -0.3 is 25.6 Å². The van der Waals surface area contributed by atoms with Crippen molar-refractivity contribution in [3.8, 4) is 5.75 Å². The average molecular weight is 526 g/mol. The monoisotopic (exact) mass is 525 g/mol. The van der Waals surface area contributed by atoms with Crippen LogP contribution < -0.4 is 20.7 Å². The lowest BCUT2D eigenvalue weighted by atomic mass is 10.0. The van der Waals surface area contributed by atoms with Crippen LogP contribution >= 0.6 is 0 Å². The van der Waals surface area contributed by atoms with Crippen molar-refractivity contribution < 1.29 is 23.5 Å². The number of nitrogens with one attached hydrogen (secondary N) is 3. The first-order chi connectivity index (χ1) is 18.3. The van der Waals surface area contributed by atoms with E-state index in [2.05, 4.69) is 20.9 Å². The third-order valence-electron chi connectivity index (χ3n) is 7.16. The summed E-state index contributed by atoms with van der Waals surface area (Å²) in [4.78, 5) is 45.2. The molecule has 0 bridgehead atoms. The van der Waals surface area contributed by atoms with Crippen LogP contribution in [0.5, 0.6) is 5.75 Å². The fourth-order valence-corrected chi connectivity index (χ4v) is 4.59. The number of amides is 3. The molecule has 0 radical (unpaired) electrons. The van der Waals surface area contributed by atoms with Gasteiger partial charge >= 0.3 is 0 Å². The maximum absolute atomic E-state index is 13.9. The van der Waals surface area contributed by atoms with Crippen LogP contribution in [0.4, 0.5) is 4.39 Å². The van der Waals surface area contributed by atoms with E-state index in [4.69, 9.17) is 4.74 Å². The summed E-state index contributed by atoms with van der Waals surface area (Å²) in [7, 11) is 1.61. The highest BCUT2D eigenvalue weighted by Crippen LogP contribution is 2.33. The maximum Gasteiger partial charge on any atom is 0.243 e. The number of aromatic nitrogens is 1. The summed E-state index contributed by atoms with van der Waals surface area (Å²) in [5.74, 6) is -0.625. The van der Waals surface area contributed by atoms with Crippen molar-refractivity contribution in [3.63, 3.8) is 0 Å². The van der Waals surface area contributed by atoms with Gasteiger partial charge in [-0.3, -0.25) is 19.4 Å². The van der Waals surface area contributed by atoms with Crippen LogP contribution in [-0.2, 0) is 27.2 Å². The number of carbonyl (C=O) groups excluding carboxylic acids is 3. The standard InChI is InChI=1S/C28H36FN5O4/c1-18-26(35)33-23(16-19-9-12-30-13-10-19)27(36)32-11-3-4-20-7-8-22(29)17-24(20)38-15-14-31-25(21-5-6-21)28(37)34(18)2/h7-10,12-13,17-18,21,23,25,31H,3-6,11,14-16H2,1-2H3,(H,32,36)(H,33,35). The fraction of sp³-hybridized carbons (Fsp3) is 0.500. The average Bonchev–Trinajstić information content (AvgIpc) is 3.75. The Morgan fingerprint density at radius 1 is 1.08 bits per heavy atom. The molecule has 1 fully saturated rings. The molecule has 1 aromatic heterocycles. The third-order valence-corrected chi connectivity index (χ3v) is 7.16. The van der Waals surface area contributed by atoms with E-state index in [0.717, 1.165) is 24.0 Å². The van der Waals surface area contributed by atoms with Crippen molar-refractivity contribution in [3.05, 3.63) is 59.7 Å². The van der Waals surface area contributed by atoms with E-state index < -0.39 is 24.0 Å². The minimum atomic E-state index is -0.822. The van der Waals surface area contributed by atoms with E-state index in [1.165, 1.54) is 17.0 Å². The van der Waals surface area contributed by atoms with Gasteiger partial charge in [-0.05, 0) is 67.9 Å². The minimum absolute atomic E-state index is 0.183. The summed E-state index contributed by atoms with van der Waals surface area (Å²) in [6, 6.07) is 6.01. The molecule has 2 aliphatic rings. The number of ether oxygens (including phenoxy) is 1. The number of halogens is 1. The zero-order valence-electron chi connectivity index (χ0n) is 21.9. The van der Waals surface area contributed by atoms with Crippen molar-refractivity contribution in [2.24, 2.45) is 5.92 Å². The largest absolute Gasteiger partial charge is 0.492 e. The maximum atomic E-state index is 13.9. The van der Waals surface area contributed by atoms with Crippen molar-refractivity contribution in [1.82, 2.24) is 25.8 Å². The summed E-state index contributed by atoms with van der Waals surface area (Å²) in [5.41, 5.74) is 1.69. The summed E-state index contributed by atoms with van der Waals surface area (Å²) < 4.78 is 19.8. The van der Waals surface area contributed by atoms with Gasteiger partial charge in [0.1, 0.15) is 30.3 Å². The molecule has 3 N–H and O–H groups in total. The Hall–Kier alpha value is -3.53. The number of benzene rings is 1. The summed E-state index contributed by atoms with van der Waals surface area (Å²) in [5, 5.41) is 9.05. The molecule has 1 aliphatic carbocycles. The number of pyridine rings is 1. The Morgan fingerprint density at radius 3 is 2.58 bits per heavy atom. The molecule has 38 heavy (non-hydrogen) atoms. The molecule has 3 amide bonds. The second-order valence-electron chi connectivity index (χ2n) is 10.0. The van der Waals surface area contributed by atoms with Crippen molar-refractivity contribution in [2.45, 2.75) is 57.2 Å². The molecule has 10 heteroatoms. The Bertz CT molecular complexity index is 1130. The SMILES string of the molecule is CC1C(=O)NC(Cc2ccncc2)C(=O)NCCCc2ccc(F)cc2OCCNC(C2CC2)C(=O)N1C. The van der Waals surface area contributed by atoms with Crippen LogP contribution in [0.25, 0.3) is 0 Å². The third kappa shape index (κ3) is 7.28. The summed E-state index contributed by atoms with van der Waals surface area (Å²) in [6.45, 7) is 2.70. The van der Waals surface area contributed by atoms with Crippen molar-refractivity contribution >= 4 is 17.7 Å². The van der Waals surface area contributed by atoms with Gasteiger partial charge in [-0.2, -0.15) is 0 Å². The normalized spacial score (nSPS) is 24.3. The first-order valence-corrected chi connectivity index (χ1v) is 13.2.